The normalized spacial score (nSPS) is 15.8. The van der Waals surface area contributed by atoms with Crippen molar-refractivity contribution in [3.05, 3.63) is 65.7 Å². The molecule has 1 N–H and O–H groups in total. The molecule has 1 aliphatic heterocycles. The van der Waals surface area contributed by atoms with Gasteiger partial charge in [-0.3, -0.25) is 9.69 Å². The SMILES string of the molecule is COc1ccc(CN(C=O)C(=O)NC2(C)CCN(CCCc3ccccc3)CC2)cc1. The Morgan fingerprint density at radius 3 is 2.39 bits per heavy atom. The molecule has 2 aromatic rings. The Balaban J connectivity index is 1.44. The summed E-state index contributed by atoms with van der Waals surface area (Å²) in [6.45, 7) is 5.27. The number of piperidine rings is 1. The number of imide groups is 1. The summed E-state index contributed by atoms with van der Waals surface area (Å²) in [5.41, 5.74) is 1.96. The molecule has 1 aliphatic rings. The number of ether oxygens (including phenoxy) is 1. The van der Waals surface area contributed by atoms with Crippen LogP contribution in [0.25, 0.3) is 0 Å². The zero-order chi connectivity index (χ0) is 22.1. The maximum Gasteiger partial charge on any atom is 0.324 e. The lowest BCUT2D eigenvalue weighted by Gasteiger charge is -2.40. The van der Waals surface area contributed by atoms with Gasteiger partial charge in [-0.1, -0.05) is 42.5 Å². The molecule has 1 saturated heterocycles. The molecule has 0 bridgehead atoms. The van der Waals surface area contributed by atoms with Crippen LogP contribution in [0.15, 0.2) is 54.6 Å². The van der Waals surface area contributed by atoms with Gasteiger partial charge in [-0.05, 0) is 62.4 Å². The predicted octanol–water partition coefficient (Wildman–Crippen LogP) is 3.85. The van der Waals surface area contributed by atoms with Crippen LogP contribution in [0.1, 0.15) is 37.3 Å². The van der Waals surface area contributed by atoms with Crippen LogP contribution in [0.5, 0.6) is 5.75 Å². The van der Waals surface area contributed by atoms with E-state index in [2.05, 4.69) is 41.4 Å². The first-order chi connectivity index (χ1) is 15.0. The van der Waals surface area contributed by atoms with Crippen molar-refractivity contribution in [3.8, 4) is 5.75 Å². The summed E-state index contributed by atoms with van der Waals surface area (Å²) >= 11 is 0. The fraction of sp³-hybridized carbons (Fsp3) is 0.440. The zero-order valence-electron chi connectivity index (χ0n) is 18.5. The Bertz CT molecular complexity index is 831. The molecule has 0 atom stereocenters. The molecule has 1 heterocycles. The lowest BCUT2D eigenvalue weighted by Crippen LogP contribution is -2.56. The lowest BCUT2D eigenvalue weighted by molar-refractivity contribution is -0.116. The molecule has 0 spiro atoms. The number of hydrogen-bond acceptors (Lipinski definition) is 4. The van der Waals surface area contributed by atoms with Crippen molar-refractivity contribution in [2.75, 3.05) is 26.7 Å². The van der Waals surface area contributed by atoms with Crippen LogP contribution in [-0.2, 0) is 17.8 Å². The summed E-state index contributed by atoms with van der Waals surface area (Å²) < 4.78 is 5.15. The van der Waals surface area contributed by atoms with Gasteiger partial charge in [0.25, 0.3) is 0 Å². The number of urea groups is 1. The highest BCUT2D eigenvalue weighted by atomic mass is 16.5. The highest BCUT2D eigenvalue weighted by Crippen LogP contribution is 2.23. The number of benzene rings is 2. The van der Waals surface area contributed by atoms with E-state index in [4.69, 9.17) is 4.74 Å². The molecule has 31 heavy (non-hydrogen) atoms. The van der Waals surface area contributed by atoms with Gasteiger partial charge in [-0.15, -0.1) is 0 Å². The molecule has 3 rings (SSSR count). The summed E-state index contributed by atoms with van der Waals surface area (Å²) in [5.74, 6) is 0.744. The number of nitrogens with zero attached hydrogens (tertiary/aromatic N) is 2. The third-order valence-electron chi connectivity index (χ3n) is 6.05. The van der Waals surface area contributed by atoms with E-state index in [-0.39, 0.29) is 18.1 Å². The smallest absolute Gasteiger partial charge is 0.324 e. The van der Waals surface area contributed by atoms with Gasteiger partial charge in [-0.25, -0.2) is 4.79 Å². The quantitative estimate of drug-likeness (QED) is 0.623. The Labute approximate surface area is 185 Å². The second-order valence-electron chi connectivity index (χ2n) is 8.50. The van der Waals surface area contributed by atoms with Gasteiger partial charge in [0, 0.05) is 18.6 Å². The molecule has 3 amide bonds. The molecular weight excluding hydrogens is 390 g/mol. The Hall–Kier alpha value is -2.86. The first kappa shape index (κ1) is 22.8. The average molecular weight is 424 g/mol. The highest BCUT2D eigenvalue weighted by Gasteiger charge is 2.32. The van der Waals surface area contributed by atoms with Gasteiger partial charge in [0.05, 0.1) is 13.7 Å². The highest BCUT2D eigenvalue weighted by molar-refractivity contribution is 5.85. The largest absolute Gasteiger partial charge is 0.497 e. The van der Waals surface area contributed by atoms with Crippen LogP contribution < -0.4 is 10.1 Å². The van der Waals surface area contributed by atoms with Crippen LogP contribution >= 0.6 is 0 Å². The van der Waals surface area contributed by atoms with E-state index in [1.165, 1.54) is 10.5 Å². The van der Waals surface area contributed by atoms with E-state index in [9.17, 15) is 9.59 Å². The molecule has 0 aromatic heterocycles. The van der Waals surface area contributed by atoms with E-state index < -0.39 is 0 Å². The summed E-state index contributed by atoms with van der Waals surface area (Å²) in [7, 11) is 1.61. The van der Waals surface area contributed by atoms with Crippen molar-refractivity contribution < 1.29 is 14.3 Å². The predicted molar refractivity (Wildman–Crippen MR) is 122 cm³/mol. The van der Waals surface area contributed by atoms with Crippen molar-refractivity contribution in [2.24, 2.45) is 0 Å². The topological polar surface area (TPSA) is 61.9 Å². The van der Waals surface area contributed by atoms with Crippen molar-refractivity contribution in [1.29, 1.82) is 0 Å². The summed E-state index contributed by atoms with van der Waals surface area (Å²) in [5, 5.41) is 3.10. The van der Waals surface area contributed by atoms with Crippen LogP contribution in [0.3, 0.4) is 0 Å². The van der Waals surface area contributed by atoms with Crippen molar-refractivity contribution in [2.45, 2.75) is 44.7 Å². The van der Waals surface area contributed by atoms with Gasteiger partial charge in [0.1, 0.15) is 5.75 Å². The molecular formula is C25H33N3O3. The minimum atomic E-state index is -0.342. The Kier molecular flexibility index (Phi) is 8.06. The van der Waals surface area contributed by atoms with Gasteiger partial charge >= 0.3 is 6.03 Å². The van der Waals surface area contributed by atoms with Gasteiger partial charge in [-0.2, -0.15) is 0 Å². The number of aryl methyl sites for hydroxylation is 1. The number of hydrogen-bond donors (Lipinski definition) is 1. The number of amides is 3. The second kappa shape index (κ2) is 11.0. The number of nitrogens with one attached hydrogen (secondary N) is 1. The van der Waals surface area contributed by atoms with Crippen LogP contribution in [-0.4, -0.2) is 54.5 Å². The van der Waals surface area contributed by atoms with E-state index >= 15 is 0 Å². The lowest BCUT2D eigenvalue weighted by atomic mass is 9.89. The fourth-order valence-corrected chi connectivity index (χ4v) is 3.96. The molecule has 6 heteroatoms. The molecule has 166 valence electrons. The molecule has 6 nitrogen and oxygen atoms in total. The van der Waals surface area contributed by atoms with Gasteiger partial charge < -0.3 is 15.0 Å². The number of carbonyl (C=O) groups excluding carboxylic acids is 2. The first-order valence-corrected chi connectivity index (χ1v) is 10.9. The molecule has 0 unspecified atom stereocenters. The summed E-state index contributed by atoms with van der Waals surface area (Å²) in [6, 6.07) is 17.6. The third-order valence-corrected chi connectivity index (χ3v) is 6.05. The van der Waals surface area contributed by atoms with E-state index in [1.54, 1.807) is 7.11 Å². The monoisotopic (exact) mass is 423 g/mol. The van der Waals surface area contributed by atoms with E-state index in [0.29, 0.717) is 6.41 Å². The molecule has 1 fully saturated rings. The standard InChI is InChI=1S/C25H33N3O3/c1-25(14-17-27(18-15-25)16-6-9-21-7-4-3-5-8-21)26-24(30)28(20-29)19-22-10-12-23(31-2)13-11-22/h3-5,7-8,10-13,20H,6,9,14-19H2,1-2H3,(H,26,30). The number of rotatable bonds is 9. The van der Waals surface area contributed by atoms with Crippen LogP contribution in [0.4, 0.5) is 4.79 Å². The third kappa shape index (κ3) is 6.82. The molecule has 2 aromatic carbocycles. The molecule has 0 radical (unpaired) electrons. The second-order valence-corrected chi connectivity index (χ2v) is 8.50. The minimum absolute atomic E-state index is 0.237. The number of likely N-dealkylation sites (tertiary alicyclic amines) is 1. The molecule has 0 saturated carbocycles. The summed E-state index contributed by atoms with van der Waals surface area (Å²) in [4.78, 5) is 27.9. The zero-order valence-corrected chi connectivity index (χ0v) is 18.5. The Morgan fingerprint density at radius 2 is 1.77 bits per heavy atom. The van der Waals surface area contributed by atoms with Crippen LogP contribution in [0, 0.1) is 0 Å². The maximum atomic E-state index is 12.7. The number of carbonyl (C=O) groups is 2. The van der Waals surface area contributed by atoms with Crippen molar-refractivity contribution in [1.82, 2.24) is 15.1 Å². The first-order valence-electron chi connectivity index (χ1n) is 10.9. The minimum Gasteiger partial charge on any atom is -0.497 e. The van der Waals surface area contributed by atoms with Gasteiger partial charge in [0.15, 0.2) is 0 Å². The van der Waals surface area contributed by atoms with Gasteiger partial charge in [0.2, 0.25) is 6.41 Å². The maximum absolute atomic E-state index is 12.7. The fourth-order valence-electron chi connectivity index (χ4n) is 3.96. The van der Waals surface area contributed by atoms with Crippen molar-refractivity contribution >= 4 is 12.4 Å². The van der Waals surface area contributed by atoms with Crippen LogP contribution in [0.2, 0.25) is 0 Å². The Morgan fingerprint density at radius 1 is 1.10 bits per heavy atom. The van der Waals surface area contributed by atoms with Crippen molar-refractivity contribution in [3.63, 3.8) is 0 Å². The van der Waals surface area contributed by atoms with E-state index in [0.717, 1.165) is 56.6 Å². The average Bonchev–Trinajstić information content (AvgIpc) is 2.80. The number of methoxy groups -OCH3 is 1. The van der Waals surface area contributed by atoms with E-state index in [1.807, 2.05) is 30.3 Å². The summed E-state index contributed by atoms with van der Waals surface area (Å²) in [6.07, 6.45) is 4.57. The molecule has 0 aliphatic carbocycles.